The fourth-order valence-corrected chi connectivity index (χ4v) is 3.75. The molecule has 0 aliphatic heterocycles. The van der Waals surface area contributed by atoms with E-state index in [2.05, 4.69) is 15.0 Å². The molecule has 3 aromatic carbocycles. The molecule has 0 aromatic heterocycles. The summed E-state index contributed by atoms with van der Waals surface area (Å²) < 4.78 is 106. The van der Waals surface area contributed by atoms with Crippen LogP contribution in [-0.4, -0.2) is 8.42 Å². The number of nitrogens with one attached hydrogen (secondary N) is 1. The first-order chi connectivity index (χ1) is 15.3. The van der Waals surface area contributed by atoms with Gasteiger partial charge in [-0.2, -0.15) is 31.5 Å². The van der Waals surface area contributed by atoms with Gasteiger partial charge in [0.25, 0.3) is 10.0 Å². The summed E-state index contributed by atoms with van der Waals surface area (Å²) >= 11 is 0. The lowest BCUT2D eigenvalue weighted by Crippen LogP contribution is -2.12. The summed E-state index contributed by atoms with van der Waals surface area (Å²) in [6.45, 7) is 1.78. The van der Waals surface area contributed by atoms with Gasteiger partial charge in [0.1, 0.15) is 5.69 Å². The Morgan fingerprint density at radius 1 is 0.758 bits per heavy atom. The van der Waals surface area contributed by atoms with Crippen molar-refractivity contribution >= 4 is 27.1 Å². The lowest BCUT2D eigenvalue weighted by Gasteiger charge is -2.12. The van der Waals surface area contributed by atoms with Crippen LogP contribution in [0.1, 0.15) is 16.7 Å². The molecule has 1 N–H and O–H groups in total. The van der Waals surface area contributed by atoms with Crippen molar-refractivity contribution in [3.8, 4) is 0 Å². The number of anilines is 1. The first kappa shape index (κ1) is 24.2. The number of hydrogen-bond donors (Lipinski definition) is 1. The van der Waals surface area contributed by atoms with Gasteiger partial charge in [0.15, 0.2) is 0 Å². The molecule has 0 unspecified atom stereocenters. The Balaban J connectivity index is 1.97. The highest BCUT2D eigenvalue weighted by atomic mass is 32.2. The Labute approximate surface area is 184 Å². The van der Waals surface area contributed by atoms with Gasteiger partial charge in [-0.05, 0) is 49.4 Å². The van der Waals surface area contributed by atoms with Gasteiger partial charge in [0.05, 0.1) is 27.4 Å². The van der Waals surface area contributed by atoms with Crippen molar-refractivity contribution < 1.29 is 34.8 Å². The van der Waals surface area contributed by atoms with Crippen molar-refractivity contribution in [1.29, 1.82) is 0 Å². The molecule has 0 bridgehead atoms. The fourth-order valence-electron chi connectivity index (χ4n) is 2.68. The molecule has 3 rings (SSSR count). The second-order valence-corrected chi connectivity index (χ2v) is 8.58. The number of benzene rings is 3. The number of hydrogen-bond acceptors (Lipinski definition) is 4. The normalized spacial score (nSPS) is 12.8. The van der Waals surface area contributed by atoms with Crippen LogP contribution in [0.2, 0.25) is 0 Å². The Hall–Kier alpha value is -3.41. The van der Waals surface area contributed by atoms with E-state index in [0.717, 1.165) is 5.56 Å². The molecule has 0 saturated heterocycles. The number of nitrogens with zero attached hydrogens (tertiary/aromatic N) is 2. The van der Waals surface area contributed by atoms with E-state index < -0.39 is 39.2 Å². The van der Waals surface area contributed by atoms with Crippen molar-refractivity contribution in [2.45, 2.75) is 24.2 Å². The molecule has 0 spiro atoms. The third-order valence-electron chi connectivity index (χ3n) is 4.33. The predicted molar refractivity (Wildman–Crippen MR) is 109 cm³/mol. The molecule has 0 aliphatic rings. The minimum Gasteiger partial charge on any atom is -0.277 e. The molecule has 5 nitrogen and oxygen atoms in total. The summed E-state index contributed by atoms with van der Waals surface area (Å²) in [5.41, 5.74) is -3.13. The molecule has 3 aromatic rings. The number of alkyl halides is 6. The van der Waals surface area contributed by atoms with Gasteiger partial charge in [-0.3, -0.25) is 4.72 Å². The van der Waals surface area contributed by atoms with Crippen LogP contribution in [-0.2, 0) is 22.4 Å². The topological polar surface area (TPSA) is 70.9 Å². The van der Waals surface area contributed by atoms with E-state index in [1.165, 1.54) is 36.4 Å². The van der Waals surface area contributed by atoms with Crippen LogP contribution in [0.4, 0.5) is 43.4 Å². The van der Waals surface area contributed by atoms with Gasteiger partial charge in [-0.15, -0.1) is 5.11 Å². The first-order valence-corrected chi connectivity index (χ1v) is 10.6. The molecule has 0 fully saturated rings. The van der Waals surface area contributed by atoms with Crippen molar-refractivity contribution in [2.75, 3.05) is 4.72 Å². The lowest BCUT2D eigenvalue weighted by molar-refractivity contribution is -0.143. The van der Waals surface area contributed by atoms with E-state index in [1.54, 1.807) is 19.1 Å². The van der Waals surface area contributed by atoms with Crippen LogP contribution in [0.15, 0.2) is 81.9 Å². The number of sulfonamides is 1. The lowest BCUT2D eigenvalue weighted by atomic mass is 10.1. The summed E-state index contributed by atoms with van der Waals surface area (Å²) in [6.07, 6.45) is -10.1. The van der Waals surface area contributed by atoms with E-state index in [-0.39, 0.29) is 22.3 Å². The van der Waals surface area contributed by atoms with Crippen LogP contribution < -0.4 is 4.72 Å². The van der Waals surface area contributed by atoms with E-state index in [1.807, 2.05) is 0 Å². The Bertz CT molecular complexity index is 1250. The second-order valence-electron chi connectivity index (χ2n) is 6.90. The van der Waals surface area contributed by atoms with Crippen molar-refractivity contribution in [1.82, 2.24) is 0 Å². The molecule has 174 valence electrons. The predicted octanol–water partition coefficient (Wildman–Crippen LogP) is 7.25. The van der Waals surface area contributed by atoms with Crippen molar-refractivity contribution in [2.24, 2.45) is 10.2 Å². The highest BCUT2D eigenvalue weighted by Gasteiger charge is 2.37. The zero-order valence-electron chi connectivity index (χ0n) is 16.7. The Morgan fingerprint density at radius 3 is 1.85 bits per heavy atom. The number of para-hydroxylation sites is 1. The number of azo groups is 1. The quantitative estimate of drug-likeness (QED) is 0.304. The molecule has 0 heterocycles. The summed E-state index contributed by atoms with van der Waals surface area (Å²) in [5.74, 6) is 0. The molecule has 0 atom stereocenters. The van der Waals surface area contributed by atoms with Crippen molar-refractivity contribution in [3.63, 3.8) is 0 Å². The summed E-state index contributed by atoms with van der Waals surface area (Å²) in [4.78, 5) is -0.0486. The fraction of sp³-hybridized carbons (Fsp3) is 0.143. The third-order valence-corrected chi connectivity index (χ3v) is 5.71. The monoisotopic (exact) mass is 487 g/mol. The SMILES string of the molecule is Cc1ccc(S(=O)(=O)Nc2ccccc2N=Nc2cc(C(F)(F)F)cc(C(F)(F)F)c2)cc1. The number of aryl methyl sites for hydroxylation is 1. The standard InChI is InChI=1S/C21H15F6N3O2S/c1-13-6-8-17(9-7-13)33(31,32)30-19-5-3-2-4-18(19)29-28-16-11-14(20(22,23)24)10-15(12-16)21(25,26)27/h2-12,30H,1H3. The summed E-state index contributed by atoms with van der Waals surface area (Å²) in [7, 11) is -4.04. The molecule has 12 heteroatoms. The van der Waals surface area contributed by atoms with Crippen LogP contribution in [0.25, 0.3) is 0 Å². The summed E-state index contributed by atoms with van der Waals surface area (Å²) in [6, 6.07) is 12.3. The minimum atomic E-state index is -5.03. The maximum Gasteiger partial charge on any atom is 0.416 e. The van der Waals surface area contributed by atoms with Gasteiger partial charge < -0.3 is 0 Å². The second kappa shape index (κ2) is 8.85. The largest absolute Gasteiger partial charge is 0.416 e. The summed E-state index contributed by atoms with van der Waals surface area (Å²) in [5, 5.41) is 7.17. The minimum absolute atomic E-state index is 0.0251. The van der Waals surface area contributed by atoms with Crippen LogP contribution in [0.3, 0.4) is 0 Å². The van der Waals surface area contributed by atoms with Gasteiger partial charge in [0.2, 0.25) is 0 Å². The van der Waals surface area contributed by atoms with E-state index in [0.29, 0.717) is 12.1 Å². The molecule has 0 saturated carbocycles. The smallest absolute Gasteiger partial charge is 0.277 e. The Kier molecular flexibility index (Phi) is 6.50. The highest BCUT2D eigenvalue weighted by molar-refractivity contribution is 7.92. The molecular formula is C21H15F6N3O2S. The van der Waals surface area contributed by atoms with Gasteiger partial charge in [-0.25, -0.2) is 8.42 Å². The van der Waals surface area contributed by atoms with E-state index in [9.17, 15) is 34.8 Å². The third kappa shape index (κ3) is 6.09. The van der Waals surface area contributed by atoms with Crippen LogP contribution in [0, 0.1) is 6.92 Å². The van der Waals surface area contributed by atoms with Crippen LogP contribution in [0.5, 0.6) is 0 Å². The zero-order valence-corrected chi connectivity index (χ0v) is 17.6. The van der Waals surface area contributed by atoms with Gasteiger partial charge in [0, 0.05) is 0 Å². The average Bonchev–Trinajstić information content (AvgIpc) is 2.72. The zero-order chi connectivity index (χ0) is 24.4. The maximum atomic E-state index is 13.0. The van der Waals surface area contributed by atoms with E-state index in [4.69, 9.17) is 0 Å². The van der Waals surface area contributed by atoms with E-state index >= 15 is 0 Å². The molecular weight excluding hydrogens is 472 g/mol. The molecule has 33 heavy (non-hydrogen) atoms. The number of rotatable bonds is 5. The first-order valence-electron chi connectivity index (χ1n) is 9.15. The molecule has 0 aliphatic carbocycles. The number of halogens is 6. The van der Waals surface area contributed by atoms with Gasteiger partial charge >= 0.3 is 12.4 Å². The molecule has 0 radical (unpaired) electrons. The van der Waals surface area contributed by atoms with Crippen LogP contribution >= 0.6 is 0 Å². The highest BCUT2D eigenvalue weighted by Crippen LogP contribution is 2.39. The average molecular weight is 487 g/mol. The maximum absolute atomic E-state index is 13.0. The molecule has 0 amide bonds. The van der Waals surface area contributed by atoms with Crippen molar-refractivity contribution in [3.05, 3.63) is 83.4 Å². The Morgan fingerprint density at radius 2 is 1.30 bits per heavy atom. The van der Waals surface area contributed by atoms with Gasteiger partial charge in [-0.1, -0.05) is 29.8 Å².